The molecule has 0 saturated heterocycles. The first-order chi connectivity index (χ1) is 7.75. The Labute approximate surface area is 98.0 Å². The molecule has 2 nitrogen and oxygen atoms in total. The minimum atomic E-state index is 0.824. The number of rotatable bonds is 5. The molecule has 1 aromatic heterocycles. The molecule has 1 N–H and O–H groups in total. The molecule has 3 rings (SSSR count). The Kier molecular flexibility index (Phi) is 2.55. The van der Waals surface area contributed by atoms with Crippen molar-refractivity contribution in [2.24, 2.45) is 0 Å². The Morgan fingerprint density at radius 3 is 2.62 bits per heavy atom. The van der Waals surface area contributed by atoms with Crippen LogP contribution in [0.3, 0.4) is 0 Å². The summed E-state index contributed by atoms with van der Waals surface area (Å²) >= 11 is 0. The number of aryl methyl sites for hydroxylation is 1. The fourth-order valence-corrected chi connectivity index (χ4v) is 2.69. The molecule has 0 aliphatic heterocycles. The van der Waals surface area contributed by atoms with Crippen molar-refractivity contribution < 1.29 is 0 Å². The number of nitrogens with one attached hydrogen (secondary N) is 1. The highest BCUT2D eigenvalue weighted by molar-refractivity contribution is 5.28. The summed E-state index contributed by atoms with van der Waals surface area (Å²) in [6.07, 6.45) is 6.75. The molecule has 0 bridgehead atoms. The zero-order valence-electron chi connectivity index (χ0n) is 10.4. The summed E-state index contributed by atoms with van der Waals surface area (Å²) < 4.78 is 2.55. The van der Waals surface area contributed by atoms with Gasteiger partial charge in [0, 0.05) is 23.5 Å². The summed E-state index contributed by atoms with van der Waals surface area (Å²) in [6.45, 7) is 5.69. The Morgan fingerprint density at radius 2 is 2.00 bits per heavy atom. The van der Waals surface area contributed by atoms with Gasteiger partial charge < -0.3 is 9.88 Å². The lowest BCUT2D eigenvalue weighted by molar-refractivity contribution is 0.669. The zero-order chi connectivity index (χ0) is 11.1. The SMILES string of the molecule is Cc1cc(CCNC2CC2)c(C)n1C1CC1. The molecule has 0 spiro atoms. The lowest BCUT2D eigenvalue weighted by atomic mass is 10.2. The molecule has 2 heteroatoms. The summed E-state index contributed by atoms with van der Waals surface area (Å²) in [4.78, 5) is 0. The third-order valence-corrected chi connectivity index (χ3v) is 3.91. The molecule has 2 aliphatic rings. The molecule has 0 amide bonds. The van der Waals surface area contributed by atoms with Crippen LogP contribution in [0.15, 0.2) is 6.07 Å². The predicted molar refractivity (Wildman–Crippen MR) is 66.9 cm³/mol. The van der Waals surface area contributed by atoms with Crippen LogP contribution in [0, 0.1) is 13.8 Å². The first-order valence-electron chi connectivity index (χ1n) is 6.66. The van der Waals surface area contributed by atoms with E-state index in [4.69, 9.17) is 0 Å². The molecule has 2 saturated carbocycles. The molecule has 0 atom stereocenters. The van der Waals surface area contributed by atoms with Gasteiger partial charge in [-0.1, -0.05) is 0 Å². The minimum absolute atomic E-state index is 0.824. The first kappa shape index (κ1) is 10.4. The van der Waals surface area contributed by atoms with Crippen LogP contribution in [0.5, 0.6) is 0 Å². The fraction of sp³-hybridized carbons (Fsp3) is 0.714. The summed E-state index contributed by atoms with van der Waals surface area (Å²) in [5, 5.41) is 3.60. The Morgan fingerprint density at radius 1 is 1.25 bits per heavy atom. The molecule has 88 valence electrons. The minimum Gasteiger partial charge on any atom is -0.346 e. The van der Waals surface area contributed by atoms with Crippen LogP contribution in [0.2, 0.25) is 0 Å². The Bertz CT molecular complexity index is 384. The number of nitrogens with zero attached hydrogens (tertiary/aromatic N) is 1. The van der Waals surface area contributed by atoms with Gasteiger partial charge >= 0.3 is 0 Å². The number of hydrogen-bond donors (Lipinski definition) is 1. The largest absolute Gasteiger partial charge is 0.346 e. The normalized spacial score (nSPS) is 20.4. The van der Waals surface area contributed by atoms with E-state index >= 15 is 0 Å². The van der Waals surface area contributed by atoms with Gasteiger partial charge in [0.15, 0.2) is 0 Å². The smallest absolute Gasteiger partial charge is 0.0337 e. The highest BCUT2D eigenvalue weighted by Gasteiger charge is 2.27. The van der Waals surface area contributed by atoms with Crippen molar-refractivity contribution in [3.63, 3.8) is 0 Å². The van der Waals surface area contributed by atoms with E-state index in [1.54, 1.807) is 5.56 Å². The summed E-state index contributed by atoms with van der Waals surface area (Å²) in [7, 11) is 0. The zero-order valence-corrected chi connectivity index (χ0v) is 10.4. The second kappa shape index (κ2) is 3.92. The van der Waals surface area contributed by atoms with Crippen molar-refractivity contribution in [1.82, 2.24) is 9.88 Å². The Hall–Kier alpha value is -0.760. The third-order valence-electron chi connectivity index (χ3n) is 3.91. The van der Waals surface area contributed by atoms with Crippen LogP contribution in [-0.2, 0) is 6.42 Å². The standard InChI is InChI=1S/C14H22N2/c1-10-9-12(7-8-15-13-3-4-13)11(2)16(10)14-5-6-14/h9,13-15H,3-8H2,1-2H3. The third kappa shape index (κ3) is 2.03. The predicted octanol–water partition coefficient (Wildman–Crippen LogP) is 2.73. The van der Waals surface area contributed by atoms with Crippen molar-refractivity contribution >= 4 is 0 Å². The van der Waals surface area contributed by atoms with Gasteiger partial charge in [-0.3, -0.25) is 0 Å². The fourth-order valence-electron chi connectivity index (χ4n) is 2.69. The van der Waals surface area contributed by atoms with Crippen molar-refractivity contribution in [3.8, 4) is 0 Å². The van der Waals surface area contributed by atoms with Gasteiger partial charge in [0.25, 0.3) is 0 Å². The lowest BCUT2D eigenvalue weighted by Crippen LogP contribution is -2.19. The first-order valence-corrected chi connectivity index (χ1v) is 6.66. The van der Waals surface area contributed by atoms with E-state index in [0.717, 1.165) is 18.6 Å². The van der Waals surface area contributed by atoms with E-state index in [9.17, 15) is 0 Å². The number of aromatic nitrogens is 1. The summed E-state index contributed by atoms with van der Waals surface area (Å²) in [5.74, 6) is 0. The second-order valence-corrected chi connectivity index (χ2v) is 5.48. The van der Waals surface area contributed by atoms with Crippen LogP contribution < -0.4 is 5.32 Å². The molecule has 1 heterocycles. The van der Waals surface area contributed by atoms with Gasteiger partial charge in [0.1, 0.15) is 0 Å². The van der Waals surface area contributed by atoms with Crippen LogP contribution in [0.4, 0.5) is 0 Å². The van der Waals surface area contributed by atoms with Crippen molar-refractivity contribution in [2.75, 3.05) is 6.54 Å². The van der Waals surface area contributed by atoms with Gasteiger partial charge in [0.05, 0.1) is 0 Å². The molecule has 0 unspecified atom stereocenters. The van der Waals surface area contributed by atoms with Gasteiger partial charge in [-0.05, 0) is 64.1 Å². The monoisotopic (exact) mass is 218 g/mol. The molecule has 2 fully saturated rings. The van der Waals surface area contributed by atoms with E-state index in [0.29, 0.717) is 0 Å². The Balaban J connectivity index is 1.66. The molecule has 0 aromatic carbocycles. The van der Waals surface area contributed by atoms with Crippen LogP contribution >= 0.6 is 0 Å². The quantitative estimate of drug-likeness (QED) is 0.804. The van der Waals surface area contributed by atoms with Crippen molar-refractivity contribution in [2.45, 2.75) is 58.0 Å². The molecular weight excluding hydrogens is 196 g/mol. The topological polar surface area (TPSA) is 17.0 Å². The van der Waals surface area contributed by atoms with Crippen LogP contribution in [0.25, 0.3) is 0 Å². The lowest BCUT2D eigenvalue weighted by Gasteiger charge is -2.08. The second-order valence-electron chi connectivity index (χ2n) is 5.48. The average molecular weight is 218 g/mol. The highest BCUT2D eigenvalue weighted by atomic mass is 15.1. The van der Waals surface area contributed by atoms with Crippen molar-refractivity contribution in [1.29, 1.82) is 0 Å². The van der Waals surface area contributed by atoms with E-state index in [2.05, 4.69) is 29.8 Å². The maximum absolute atomic E-state index is 3.60. The maximum Gasteiger partial charge on any atom is 0.0337 e. The van der Waals surface area contributed by atoms with Crippen molar-refractivity contribution in [3.05, 3.63) is 23.0 Å². The maximum atomic E-state index is 3.60. The van der Waals surface area contributed by atoms with Crippen LogP contribution in [0.1, 0.15) is 48.7 Å². The number of hydrogen-bond acceptors (Lipinski definition) is 1. The molecule has 2 aliphatic carbocycles. The molecule has 0 radical (unpaired) electrons. The van der Waals surface area contributed by atoms with Gasteiger partial charge in [0.2, 0.25) is 0 Å². The van der Waals surface area contributed by atoms with Gasteiger partial charge in [-0.15, -0.1) is 0 Å². The van der Waals surface area contributed by atoms with E-state index in [1.165, 1.54) is 43.5 Å². The van der Waals surface area contributed by atoms with Crippen LogP contribution in [-0.4, -0.2) is 17.2 Å². The highest BCUT2D eigenvalue weighted by Crippen LogP contribution is 2.38. The molecule has 16 heavy (non-hydrogen) atoms. The average Bonchev–Trinajstić information content (AvgIpc) is 3.11. The van der Waals surface area contributed by atoms with Gasteiger partial charge in [-0.25, -0.2) is 0 Å². The molecule has 1 aromatic rings. The van der Waals surface area contributed by atoms with E-state index in [1.807, 2.05) is 0 Å². The summed E-state index contributed by atoms with van der Waals surface area (Å²) in [6, 6.07) is 4.06. The van der Waals surface area contributed by atoms with Gasteiger partial charge in [-0.2, -0.15) is 0 Å². The van der Waals surface area contributed by atoms with E-state index in [-0.39, 0.29) is 0 Å². The van der Waals surface area contributed by atoms with E-state index < -0.39 is 0 Å². The summed E-state index contributed by atoms with van der Waals surface area (Å²) in [5.41, 5.74) is 4.52. The molecular formula is C14H22N2.